The number of hydrogen-bond donors (Lipinski definition) is 2. The Bertz CT molecular complexity index is 361. The molecule has 88 valence electrons. The van der Waals surface area contributed by atoms with Crippen LogP contribution in [0.4, 0.5) is 0 Å². The van der Waals surface area contributed by atoms with E-state index in [1.165, 1.54) is 12.8 Å². The molecule has 0 aromatic heterocycles. The van der Waals surface area contributed by atoms with Gasteiger partial charge in [0.2, 0.25) is 0 Å². The Labute approximate surface area is 102 Å². The van der Waals surface area contributed by atoms with Crippen LogP contribution in [0.15, 0.2) is 18.2 Å². The summed E-state index contributed by atoms with van der Waals surface area (Å²) in [6.07, 6.45) is 2.41. The van der Waals surface area contributed by atoms with Crippen LogP contribution in [0.25, 0.3) is 0 Å². The Kier molecular flexibility index (Phi) is 3.72. The highest BCUT2D eigenvalue weighted by Crippen LogP contribution is 2.35. The lowest BCUT2D eigenvalue weighted by Gasteiger charge is -2.29. The number of phenols is 1. The molecule has 0 amide bonds. The van der Waals surface area contributed by atoms with Gasteiger partial charge in [-0.1, -0.05) is 24.6 Å². The van der Waals surface area contributed by atoms with Crippen molar-refractivity contribution in [3.05, 3.63) is 28.8 Å². The number of piperidine rings is 1. The first-order valence-electron chi connectivity index (χ1n) is 5.87. The van der Waals surface area contributed by atoms with Crippen molar-refractivity contribution in [2.24, 2.45) is 5.92 Å². The number of nitrogens with one attached hydrogen (secondary N) is 1. The molecule has 3 heteroatoms. The summed E-state index contributed by atoms with van der Waals surface area (Å²) in [7, 11) is 0. The van der Waals surface area contributed by atoms with Gasteiger partial charge in [0.05, 0.1) is 0 Å². The Morgan fingerprint density at radius 3 is 2.69 bits per heavy atom. The van der Waals surface area contributed by atoms with E-state index in [0.717, 1.165) is 18.7 Å². The summed E-state index contributed by atoms with van der Waals surface area (Å²) in [4.78, 5) is 0. The van der Waals surface area contributed by atoms with Crippen molar-refractivity contribution < 1.29 is 5.11 Å². The predicted octanol–water partition coefficient (Wildman–Crippen LogP) is 3.15. The lowest BCUT2D eigenvalue weighted by molar-refractivity contribution is 0.330. The molecule has 0 aliphatic carbocycles. The number of hydrogen-bond acceptors (Lipinski definition) is 2. The van der Waals surface area contributed by atoms with Crippen LogP contribution in [0.3, 0.4) is 0 Å². The molecule has 16 heavy (non-hydrogen) atoms. The minimum Gasteiger partial charge on any atom is -0.508 e. The molecule has 2 rings (SSSR count). The van der Waals surface area contributed by atoms with Crippen molar-refractivity contribution >= 4 is 11.6 Å². The van der Waals surface area contributed by atoms with Gasteiger partial charge in [0.15, 0.2) is 0 Å². The Morgan fingerprint density at radius 2 is 2.06 bits per heavy atom. The summed E-state index contributed by atoms with van der Waals surface area (Å²) in [5, 5.41) is 13.4. The fourth-order valence-corrected chi connectivity index (χ4v) is 2.83. The summed E-state index contributed by atoms with van der Waals surface area (Å²) < 4.78 is 0. The highest BCUT2D eigenvalue weighted by atomic mass is 35.5. The minimum atomic E-state index is 0.242. The van der Waals surface area contributed by atoms with E-state index in [0.29, 0.717) is 16.9 Å². The fraction of sp³-hybridized carbons (Fsp3) is 0.538. The van der Waals surface area contributed by atoms with Crippen LogP contribution >= 0.6 is 11.6 Å². The maximum atomic E-state index is 9.34. The second-order valence-electron chi connectivity index (χ2n) is 4.58. The second-order valence-corrected chi connectivity index (χ2v) is 4.99. The standard InChI is InChI=1S/C13H18ClNO/c1-9(10-4-6-15-7-5-10)12-3-2-11(16)8-13(12)14/h2-3,8-10,15-16H,4-7H2,1H3. The van der Waals surface area contributed by atoms with Gasteiger partial charge in [0, 0.05) is 5.02 Å². The average molecular weight is 240 g/mol. The largest absolute Gasteiger partial charge is 0.508 e. The van der Waals surface area contributed by atoms with Crippen molar-refractivity contribution in [1.82, 2.24) is 5.32 Å². The molecule has 2 N–H and O–H groups in total. The van der Waals surface area contributed by atoms with E-state index in [1.807, 2.05) is 6.07 Å². The van der Waals surface area contributed by atoms with Crippen LogP contribution in [0.5, 0.6) is 5.75 Å². The molecule has 0 radical (unpaired) electrons. The molecule has 1 aliphatic heterocycles. The molecule has 2 nitrogen and oxygen atoms in total. The maximum Gasteiger partial charge on any atom is 0.117 e. The van der Waals surface area contributed by atoms with Crippen molar-refractivity contribution in [2.45, 2.75) is 25.7 Å². The van der Waals surface area contributed by atoms with E-state index in [4.69, 9.17) is 11.6 Å². The number of benzene rings is 1. The molecular formula is C13H18ClNO. The molecule has 0 spiro atoms. The Balaban J connectivity index is 2.15. The third-order valence-corrected chi connectivity index (χ3v) is 3.89. The number of halogens is 1. The van der Waals surface area contributed by atoms with Gasteiger partial charge in [-0.25, -0.2) is 0 Å². The van der Waals surface area contributed by atoms with Crippen molar-refractivity contribution in [3.8, 4) is 5.75 Å². The first-order valence-corrected chi connectivity index (χ1v) is 6.25. The van der Waals surface area contributed by atoms with Gasteiger partial charge in [-0.05, 0) is 55.5 Å². The Morgan fingerprint density at radius 1 is 1.38 bits per heavy atom. The average Bonchev–Trinajstić information content (AvgIpc) is 2.29. The van der Waals surface area contributed by atoms with Crippen molar-refractivity contribution in [1.29, 1.82) is 0 Å². The van der Waals surface area contributed by atoms with Crippen molar-refractivity contribution in [2.75, 3.05) is 13.1 Å². The summed E-state index contributed by atoms with van der Waals surface area (Å²) in [6.45, 7) is 4.43. The highest BCUT2D eigenvalue weighted by Gasteiger charge is 2.22. The topological polar surface area (TPSA) is 32.3 Å². The number of phenolic OH excluding ortho intramolecular Hbond substituents is 1. The van der Waals surface area contributed by atoms with Crippen LogP contribution in [0.1, 0.15) is 31.2 Å². The van der Waals surface area contributed by atoms with Crippen LogP contribution in [-0.4, -0.2) is 18.2 Å². The summed E-state index contributed by atoms with van der Waals surface area (Å²) in [5.41, 5.74) is 1.16. The van der Waals surface area contributed by atoms with Crippen LogP contribution < -0.4 is 5.32 Å². The zero-order valence-corrected chi connectivity index (χ0v) is 10.3. The summed E-state index contributed by atoms with van der Waals surface area (Å²) in [6, 6.07) is 5.30. The van der Waals surface area contributed by atoms with Gasteiger partial charge in [-0.3, -0.25) is 0 Å². The summed E-state index contributed by atoms with van der Waals surface area (Å²) >= 11 is 6.17. The van der Waals surface area contributed by atoms with E-state index in [2.05, 4.69) is 12.2 Å². The number of rotatable bonds is 2. The summed E-state index contributed by atoms with van der Waals surface area (Å²) in [5.74, 6) is 1.41. The predicted molar refractivity (Wildman–Crippen MR) is 67.1 cm³/mol. The fourth-order valence-electron chi connectivity index (χ4n) is 2.48. The molecule has 1 atom stereocenters. The van der Waals surface area contributed by atoms with Crippen LogP contribution in [-0.2, 0) is 0 Å². The van der Waals surface area contributed by atoms with Gasteiger partial charge >= 0.3 is 0 Å². The molecule has 1 heterocycles. The lowest BCUT2D eigenvalue weighted by atomic mass is 9.82. The van der Waals surface area contributed by atoms with Crippen LogP contribution in [0.2, 0.25) is 5.02 Å². The number of aromatic hydroxyl groups is 1. The lowest BCUT2D eigenvalue weighted by Crippen LogP contribution is -2.30. The maximum absolute atomic E-state index is 9.34. The van der Waals surface area contributed by atoms with Gasteiger partial charge < -0.3 is 10.4 Å². The third-order valence-electron chi connectivity index (χ3n) is 3.57. The van der Waals surface area contributed by atoms with E-state index in [-0.39, 0.29) is 5.75 Å². The van der Waals surface area contributed by atoms with Gasteiger partial charge in [0.25, 0.3) is 0 Å². The molecular weight excluding hydrogens is 222 g/mol. The normalized spacial score (nSPS) is 19.6. The van der Waals surface area contributed by atoms with E-state index in [9.17, 15) is 5.11 Å². The van der Waals surface area contributed by atoms with Gasteiger partial charge in [0.1, 0.15) is 5.75 Å². The molecule has 1 saturated heterocycles. The molecule has 1 fully saturated rings. The van der Waals surface area contributed by atoms with Crippen LogP contribution in [0, 0.1) is 5.92 Å². The zero-order valence-electron chi connectivity index (χ0n) is 9.54. The van der Waals surface area contributed by atoms with Gasteiger partial charge in [-0.2, -0.15) is 0 Å². The van der Waals surface area contributed by atoms with Crippen molar-refractivity contribution in [3.63, 3.8) is 0 Å². The molecule has 1 unspecified atom stereocenters. The second kappa shape index (κ2) is 5.07. The van der Waals surface area contributed by atoms with E-state index < -0.39 is 0 Å². The monoisotopic (exact) mass is 239 g/mol. The first kappa shape index (κ1) is 11.7. The third kappa shape index (κ3) is 2.50. The molecule has 1 aromatic rings. The van der Waals surface area contributed by atoms with E-state index >= 15 is 0 Å². The zero-order chi connectivity index (χ0) is 11.5. The smallest absolute Gasteiger partial charge is 0.117 e. The molecule has 1 aromatic carbocycles. The first-order chi connectivity index (χ1) is 7.68. The minimum absolute atomic E-state index is 0.242. The SMILES string of the molecule is CC(c1ccc(O)cc1Cl)C1CCNCC1. The molecule has 0 saturated carbocycles. The molecule has 0 bridgehead atoms. The highest BCUT2D eigenvalue weighted by molar-refractivity contribution is 6.31. The van der Waals surface area contributed by atoms with E-state index in [1.54, 1.807) is 12.1 Å². The van der Waals surface area contributed by atoms with Gasteiger partial charge in [-0.15, -0.1) is 0 Å². The quantitative estimate of drug-likeness (QED) is 0.831. The molecule has 1 aliphatic rings. The Hall–Kier alpha value is -0.730.